The molecule has 0 aromatic heterocycles. The predicted molar refractivity (Wildman–Crippen MR) is 91.4 cm³/mol. The Bertz CT molecular complexity index is 693. The monoisotopic (exact) mass is 376 g/mol. The van der Waals surface area contributed by atoms with E-state index in [0.717, 1.165) is 4.31 Å². The minimum Gasteiger partial charge on any atom is -0.354 e. The van der Waals surface area contributed by atoms with Crippen molar-refractivity contribution in [2.24, 2.45) is 5.73 Å². The van der Waals surface area contributed by atoms with Gasteiger partial charge in [-0.2, -0.15) is 4.31 Å². The standard InChI is InChI=1S/C14H20N4O4S.ClH/c1-10(8-15)17-14(20)11-2-4-12(5-3-11)23(21,22)18-7-6-16-13(19)9-18;/h2-5,10H,6-9,15H2,1H3,(H,16,19)(H,17,20);1H/t10-;/m0./s1. The summed E-state index contributed by atoms with van der Waals surface area (Å²) in [6.45, 7) is 2.41. The number of hydrogen-bond donors (Lipinski definition) is 3. The lowest BCUT2D eigenvalue weighted by atomic mass is 10.2. The fraction of sp³-hybridized carbons (Fsp3) is 0.429. The minimum absolute atomic E-state index is 0. The van der Waals surface area contributed by atoms with Crippen LogP contribution in [0.3, 0.4) is 0 Å². The SMILES string of the molecule is C[C@@H](CN)NC(=O)c1ccc(S(=O)(=O)N2CCNC(=O)C2)cc1.Cl. The number of carbonyl (C=O) groups is 2. The number of nitrogens with one attached hydrogen (secondary N) is 2. The number of hydrogen-bond acceptors (Lipinski definition) is 5. The first kappa shape index (κ1) is 20.4. The van der Waals surface area contributed by atoms with Crippen LogP contribution in [0.25, 0.3) is 0 Å². The van der Waals surface area contributed by atoms with Crippen LogP contribution in [0.2, 0.25) is 0 Å². The highest BCUT2D eigenvalue weighted by molar-refractivity contribution is 7.89. The van der Waals surface area contributed by atoms with Gasteiger partial charge in [0.05, 0.1) is 11.4 Å². The van der Waals surface area contributed by atoms with Crippen LogP contribution in [0.5, 0.6) is 0 Å². The van der Waals surface area contributed by atoms with Crippen LogP contribution in [0.15, 0.2) is 29.2 Å². The number of rotatable bonds is 5. The van der Waals surface area contributed by atoms with E-state index in [2.05, 4.69) is 10.6 Å². The number of benzene rings is 1. The number of nitrogens with zero attached hydrogens (tertiary/aromatic N) is 1. The molecule has 10 heteroatoms. The third-order valence-electron chi connectivity index (χ3n) is 3.49. The molecule has 0 unspecified atom stereocenters. The first-order chi connectivity index (χ1) is 10.8. The third-order valence-corrected chi connectivity index (χ3v) is 5.35. The zero-order valence-electron chi connectivity index (χ0n) is 13.2. The molecule has 0 spiro atoms. The van der Waals surface area contributed by atoms with Crippen LogP contribution in [0.4, 0.5) is 0 Å². The van der Waals surface area contributed by atoms with Crippen LogP contribution < -0.4 is 16.4 Å². The van der Waals surface area contributed by atoms with Crippen molar-refractivity contribution >= 4 is 34.2 Å². The highest BCUT2D eigenvalue weighted by Gasteiger charge is 2.29. The maximum absolute atomic E-state index is 12.5. The third kappa shape index (κ3) is 4.67. The number of carbonyl (C=O) groups excluding carboxylic acids is 2. The molecular weight excluding hydrogens is 356 g/mol. The van der Waals surface area contributed by atoms with Gasteiger partial charge in [0.15, 0.2) is 0 Å². The summed E-state index contributed by atoms with van der Waals surface area (Å²) in [5.74, 6) is -0.643. The summed E-state index contributed by atoms with van der Waals surface area (Å²) >= 11 is 0. The largest absolute Gasteiger partial charge is 0.354 e. The van der Waals surface area contributed by atoms with Crippen LogP contribution in [0, 0.1) is 0 Å². The van der Waals surface area contributed by atoms with Crippen molar-refractivity contribution in [1.29, 1.82) is 0 Å². The van der Waals surface area contributed by atoms with E-state index in [1.807, 2.05) is 0 Å². The van der Waals surface area contributed by atoms with E-state index in [4.69, 9.17) is 5.73 Å². The van der Waals surface area contributed by atoms with Crippen molar-refractivity contribution in [3.63, 3.8) is 0 Å². The minimum atomic E-state index is -3.74. The highest BCUT2D eigenvalue weighted by Crippen LogP contribution is 2.17. The summed E-state index contributed by atoms with van der Waals surface area (Å²) in [6.07, 6.45) is 0. The Balaban J connectivity index is 0.00000288. The molecule has 2 rings (SSSR count). The van der Waals surface area contributed by atoms with Gasteiger partial charge in [0.1, 0.15) is 0 Å². The van der Waals surface area contributed by atoms with Gasteiger partial charge in [-0.3, -0.25) is 9.59 Å². The maximum atomic E-state index is 12.5. The number of sulfonamides is 1. The molecular formula is C14H21ClN4O4S. The van der Waals surface area contributed by atoms with E-state index in [1.54, 1.807) is 6.92 Å². The average molecular weight is 377 g/mol. The number of amides is 2. The summed E-state index contributed by atoms with van der Waals surface area (Å²) in [6, 6.07) is 5.44. The van der Waals surface area contributed by atoms with Crippen molar-refractivity contribution in [1.82, 2.24) is 14.9 Å². The van der Waals surface area contributed by atoms with Crippen molar-refractivity contribution in [3.05, 3.63) is 29.8 Å². The summed E-state index contributed by atoms with van der Waals surface area (Å²) in [5.41, 5.74) is 5.79. The van der Waals surface area contributed by atoms with Gasteiger partial charge < -0.3 is 16.4 Å². The molecule has 1 aromatic rings. The molecule has 4 N–H and O–H groups in total. The second-order valence-electron chi connectivity index (χ2n) is 5.32. The smallest absolute Gasteiger partial charge is 0.251 e. The zero-order chi connectivity index (χ0) is 17.0. The molecule has 0 radical (unpaired) electrons. The van der Waals surface area contributed by atoms with Crippen LogP contribution in [0.1, 0.15) is 17.3 Å². The predicted octanol–water partition coefficient (Wildman–Crippen LogP) is -0.694. The topological polar surface area (TPSA) is 122 Å². The van der Waals surface area contributed by atoms with E-state index in [9.17, 15) is 18.0 Å². The second kappa shape index (κ2) is 8.43. The first-order valence-electron chi connectivity index (χ1n) is 7.22. The molecule has 134 valence electrons. The second-order valence-corrected chi connectivity index (χ2v) is 7.26. The van der Waals surface area contributed by atoms with Crippen LogP contribution in [-0.2, 0) is 14.8 Å². The molecule has 1 aromatic carbocycles. The van der Waals surface area contributed by atoms with E-state index >= 15 is 0 Å². The molecule has 1 aliphatic heterocycles. The molecule has 0 aliphatic carbocycles. The van der Waals surface area contributed by atoms with E-state index in [1.165, 1.54) is 24.3 Å². The van der Waals surface area contributed by atoms with Crippen molar-refractivity contribution < 1.29 is 18.0 Å². The molecule has 1 atom stereocenters. The van der Waals surface area contributed by atoms with Gasteiger partial charge in [-0.25, -0.2) is 8.42 Å². The zero-order valence-corrected chi connectivity index (χ0v) is 14.8. The Labute approximate surface area is 147 Å². The fourth-order valence-corrected chi connectivity index (χ4v) is 3.51. The van der Waals surface area contributed by atoms with Crippen LogP contribution in [-0.4, -0.2) is 56.8 Å². The molecule has 8 nitrogen and oxygen atoms in total. The molecule has 1 fully saturated rings. The van der Waals surface area contributed by atoms with Gasteiger partial charge in [0, 0.05) is 31.2 Å². The molecule has 24 heavy (non-hydrogen) atoms. The fourth-order valence-electron chi connectivity index (χ4n) is 2.11. The normalized spacial score (nSPS) is 16.7. The Morgan fingerprint density at radius 3 is 2.54 bits per heavy atom. The number of nitrogens with two attached hydrogens (primary N) is 1. The molecule has 0 bridgehead atoms. The van der Waals surface area contributed by atoms with Gasteiger partial charge in [0.25, 0.3) is 5.91 Å². The van der Waals surface area contributed by atoms with Crippen molar-refractivity contribution in [2.75, 3.05) is 26.2 Å². The lowest BCUT2D eigenvalue weighted by Gasteiger charge is -2.25. The first-order valence-corrected chi connectivity index (χ1v) is 8.66. The lowest BCUT2D eigenvalue weighted by Crippen LogP contribution is -2.49. The highest BCUT2D eigenvalue weighted by atomic mass is 35.5. The summed E-state index contributed by atoms with van der Waals surface area (Å²) < 4.78 is 26.1. The molecule has 2 amide bonds. The quantitative estimate of drug-likeness (QED) is 0.627. The number of piperazine rings is 1. The van der Waals surface area contributed by atoms with Gasteiger partial charge in [-0.05, 0) is 31.2 Å². The van der Waals surface area contributed by atoms with Crippen molar-refractivity contribution in [2.45, 2.75) is 17.9 Å². The van der Waals surface area contributed by atoms with Crippen molar-refractivity contribution in [3.8, 4) is 0 Å². The Hall–Kier alpha value is -1.68. The Kier molecular flexibility index (Phi) is 7.15. The van der Waals surface area contributed by atoms with Gasteiger partial charge in [-0.1, -0.05) is 0 Å². The summed E-state index contributed by atoms with van der Waals surface area (Å²) in [7, 11) is -3.74. The number of halogens is 1. The van der Waals surface area contributed by atoms with E-state index in [0.29, 0.717) is 12.1 Å². The van der Waals surface area contributed by atoms with Gasteiger partial charge >= 0.3 is 0 Å². The molecule has 1 heterocycles. The molecule has 1 aliphatic rings. The summed E-state index contributed by atoms with van der Waals surface area (Å²) in [5, 5.41) is 5.27. The van der Waals surface area contributed by atoms with Crippen LogP contribution >= 0.6 is 12.4 Å². The molecule has 1 saturated heterocycles. The Morgan fingerprint density at radius 1 is 1.38 bits per heavy atom. The van der Waals surface area contributed by atoms with E-state index < -0.39 is 10.0 Å². The molecule has 0 saturated carbocycles. The maximum Gasteiger partial charge on any atom is 0.251 e. The summed E-state index contributed by atoms with van der Waals surface area (Å²) in [4.78, 5) is 23.3. The average Bonchev–Trinajstić information content (AvgIpc) is 2.54. The van der Waals surface area contributed by atoms with Gasteiger partial charge in [-0.15, -0.1) is 12.4 Å². The van der Waals surface area contributed by atoms with E-state index in [-0.39, 0.29) is 54.8 Å². The lowest BCUT2D eigenvalue weighted by molar-refractivity contribution is -0.122. The Morgan fingerprint density at radius 2 is 2.00 bits per heavy atom. The van der Waals surface area contributed by atoms with Gasteiger partial charge in [0.2, 0.25) is 15.9 Å².